The van der Waals surface area contributed by atoms with Crippen molar-refractivity contribution in [2.45, 2.75) is 6.92 Å². The predicted molar refractivity (Wildman–Crippen MR) is 25.6 cm³/mol. The average molecular weight is 101 g/mol. The van der Waals surface area contributed by atoms with Gasteiger partial charge in [-0.05, 0) is 6.92 Å². The van der Waals surface area contributed by atoms with E-state index in [9.17, 15) is 4.79 Å². The number of hydrogen-bond donors (Lipinski definition) is 2. The molecule has 0 fully saturated rings. The van der Waals surface area contributed by atoms with Crippen molar-refractivity contribution >= 4 is 5.91 Å². The van der Waals surface area contributed by atoms with Gasteiger partial charge in [0.2, 0.25) is 5.91 Å². The molecule has 0 radical (unpaired) electrons. The van der Waals surface area contributed by atoms with E-state index in [1.165, 1.54) is 6.92 Å². The largest absolute Gasteiger partial charge is 0.515 e. The standard InChI is InChI=1S/C4H7NO2/c1-3(2-6)4(5)7/h2,6H,1H3,(H2,5,7)/b3-2-. The third-order valence-corrected chi connectivity index (χ3v) is 0.582. The molecule has 7 heavy (non-hydrogen) atoms. The highest BCUT2D eigenvalue weighted by Crippen LogP contribution is 1.83. The van der Waals surface area contributed by atoms with Crippen LogP contribution in [0.5, 0.6) is 0 Å². The predicted octanol–water partition coefficient (Wildman–Crippen LogP) is -0.0665. The summed E-state index contributed by atoms with van der Waals surface area (Å²) in [4.78, 5) is 9.92. The second-order valence-corrected chi connectivity index (χ2v) is 1.18. The van der Waals surface area contributed by atoms with Gasteiger partial charge in [-0.3, -0.25) is 4.79 Å². The summed E-state index contributed by atoms with van der Waals surface area (Å²) in [7, 11) is 0. The Labute approximate surface area is 41.4 Å². The fourth-order valence-corrected chi connectivity index (χ4v) is 0.0636. The number of rotatable bonds is 1. The van der Waals surface area contributed by atoms with Crippen LogP contribution >= 0.6 is 0 Å². The van der Waals surface area contributed by atoms with E-state index in [0.717, 1.165) is 0 Å². The zero-order chi connectivity index (χ0) is 5.86. The lowest BCUT2D eigenvalue weighted by molar-refractivity contribution is -0.114. The topological polar surface area (TPSA) is 63.3 Å². The molecule has 40 valence electrons. The minimum absolute atomic E-state index is 0.167. The molecule has 0 saturated heterocycles. The van der Waals surface area contributed by atoms with Gasteiger partial charge < -0.3 is 10.8 Å². The van der Waals surface area contributed by atoms with Gasteiger partial charge in [-0.25, -0.2) is 0 Å². The molecular formula is C4H7NO2. The highest BCUT2D eigenvalue weighted by molar-refractivity contribution is 5.90. The van der Waals surface area contributed by atoms with E-state index in [2.05, 4.69) is 5.73 Å². The summed E-state index contributed by atoms with van der Waals surface area (Å²) in [6, 6.07) is 0. The Morgan fingerprint density at radius 2 is 2.29 bits per heavy atom. The lowest BCUT2D eigenvalue weighted by atomic mass is 10.3. The van der Waals surface area contributed by atoms with Crippen molar-refractivity contribution in [3.8, 4) is 0 Å². The summed E-state index contributed by atoms with van der Waals surface area (Å²) in [5.41, 5.74) is 4.85. The molecule has 0 aromatic heterocycles. The molecule has 0 aliphatic carbocycles. The first-order valence-corrected chi connectivity index (χ1v) is 1.79. The lowest BCUT2D eigenvalue weighted by Crippen LogP contribution is -2.11. The summed E-state index contributed by atoms with van der Waals surface area (Å²) in [6.45, 7) is 1.43. The molecule has 0 aliphatic rings. The number of primary amides is 1. The van der Waals surface area contributed by atoms with Crippen LogP contribution in [0.1, 0.15) is 6.92 Å². The molecule has 0 aliphatic heterocycles. The van der Waals surface area contributed by atoms with Crippen LogP contribution in [0.15, 0.2) is 11.8 Å². The number of nitrogens with two attached hydrogens (primary N) is 1. The van der Waals surface area contributed by atoms with Crippen LogP contribution in [0.2, 0.25) is 0 Å². The molecule has 0 spiro atoms. The quantitative estimate of drug-likeness (QED) is 0.359. The van der Waals surface area contributed by atoms with E-state index in [1.54, 1.807) is 0 Å². The Morgan fingerprint density at radius 3 is 2.29 bits per heavy atom. The highest BCUT2D eigenvalue weighted by Gasteiger charge is 1.92. The van der Waals surface area contributed by atoms with Gasteiger partial charge in [-0.1, -0.05) is 0 Å². The maximum atomic E-state index is 9.92. The van der Waals surface area contributed by atoms with Crippen LogP contribution < -0.4 is 5.73 Å². The van der Waals surface area contributed by atoms with Gasteiger partial charge in [0.25, 0.3) is 0 Å². The minimum atomic E-state index is -0.595. The Bertz CT molecular complexity index is 106. The molecule has 3 heteroatoms. The molecule has 0 aromatic carbocycles. The Hall–Kier alpha value is -0.990. The summed E-state index contributed by atoms with van der Waals surface area (Å²) in [5.74, 6) is -0.595. The summed E-state index contributed by atoms with van der Waals surface area (Å²) >= 11 is 0. The molecular weight excluding hydrogens is 94.0 g/mol. The van der Waals surface area contributed by atoms with Crippen molar-refractivity contribution in [3.05, 3.63) is 11.8 Å². The SMILES string of the molecule is C/C(=C/O)C(N)=O. The number of carbonyl (C=O) groups is 1. The maximum Gasteiger partial charge on any atom is 0.247 e. The van der Waals surface area contributed by atoms with E-state index in [-0.39, 0.29) is 5.57 Å². The van der Waals surface area contributed by atoms with Gasteiger partial charge in [0, 0.05) is 5.57 Å². The normalized spacial score (nSPS) is 11.3. The third kappa shape index (κ3) is 1.81. The van der Waals surface area contributed by atoms with Crippen molar-refractivity contribution in [1.29, 1.82) is 0 Å². The van der Waals surface area contributed by atoms with Crippen LogP contribution in [-0.4, -0.2) is 11.0 Å². The van der Waals surface area contributed by atoms with Crippen LogP contribution in [0.4, 0.5) is 0 Å². The average Bonchev–Trinajstić information content (AvgIpc) is 1.65. The van der Waals surface area contributed by atoms with Gasteiger partial charge in [-0.2, -0.15) is 0 Å². The first-order valence-electron chi connectivity index (χ1n) is 1.79. The molecule has 0 aromatic rings. The summed E-state index contributed by atoms with van der Waals surface area (Å²) in [6.07, 6.45) is 0.683. The molecule has 1 amide bonds. The number of amides is 1. The second kappa shape index (κ2) is 2.23. The molecule has 0 unspecified atom stereocenters. The highest BCUT2D eigenvalue weighted by atomic mass is 16.2. The van der Waals surface area contributed by atoms with Crippen molar-refractivity contribution < 1.29 is 9.90 Å². The monoisotopic (exact) mass is 101 g/mol. The molecule has 0 atom stereocenters. The fraction of sp³-hybridized carbons (Fsp3) is 0.250. The number of aliphatic hydroxyl groups excluding tert-OH is 1. The zero-order valence-electron chi connectivity index (χ0n) is 4.01. The zero-order valence-corrected chi connectivity index (χ0v) is 4.01. The minimum Gasteiger partial charge on any atom is -0.515 e. The summed E-state index contributed by atoms with van der Waals surface area (Å²) in [5, 5.41) is 8.04. The van der Waals surface area contributed by atoms with Crippen LogP contribution in [0.3, 0.4) is 0 Å². The van der Waals surface area contributed by atoms with E-state index in [0.29, 0.717) is 6.26 Å². The molecule has 0 bridgehead atoms. The van der Waals surface area contributed by atoms with Crippen molar-refractivity contribution in [2.75, 3.05) is 0 Å². The van der Waals surface area contributed by atoms with Crippen molar-refractivity contribution in [3.63, 3.8) is 0 Å². The Morgan fingerprint density at radius 1 is 1.86 bits per heavy atom. The smallest absolute Gasteiger partial charge is 0.247 e. The van der Waals surface area contributed by atoms with E-state index in [1.807, 2.05) is 0 Å². The van der Waals surface area contributed by atoms with Gasteiger partial charge >= 0.3 is 0 Å². The maximum absolute atomic E-state index is 9.92. The lowest BCUT2D eigenvalue weighted by Gasteiger charge is -1.84. The van der Waals surface area contributed by atoms with Gasteiger partial charge in [0.1, 0.15) is 0 Å². The van der Waals surface area contributed by atoms with Crippen LogP contribution in [0.25, 0.3) is 0 Å². The first kappa shape index (κ1) is 6.01. The van der Waals surface area contributed by atoms with E-state index < -0.39 is 5.91 Å². The second-order valence-electron chi connectivity index (χ2n) is 1.18. The van der Waals surface area contributed by atoms with Gasteiger partial charge in [-0.15, -0.1) is 0 Å². The van der Waals surface area contributed by atoms with Crippen LogP contribution in [0, 0.1) is 0 Å². The third-order valence-electron chi connectivity index (χ3n) is 0.582. The van der Waals surface area contributed by atoms with Crippen molar-refractivity contribution in [1.82, 2.24) is 0 Å². The summed E-state index contributed by atoms with van der Waals surface area (Å²) < 4.78 is 0. The number of hydrogen-bond acceptors (Lipinski definition) is 2. The molecule has 0 rings (SSSR count). The van der Waals surface area contributed by atoms with Crippen LogP contribution in [-0.2, 0) is 4.79 Å². The molecule has 3 nitrogen and oxygen atoms in total. The Kier molecular flexibility index (Phi) is 1.91. The molecule has 3 N–H and O–H groups in total. The van der Waals surface area contributed by atoms with E-state index in [4.69, 9.17) is 5.11 Å². The fourth-order valence-electron chi connectivity index (χ4n) is 0.0636. The molecule has 0 heterocycles. The van der Waals surface area contributed by atoms with Gasteiger partial charge in [0.05, 0.1) is 6.26 Å². The van der Waals surface area contributed by atoms with Gasteiger partial charge in [0.15, 0.2) is 0 Å². The van der Waals surface area contributed by atoms with Crippen molar-refractivity contribution in [2.24, 2.45) is 5.73 Å². The molecule has 0 saturated carbocycles. The number of carbonyl (C=O) groups excluding carboxylic acids is 1. The Balaban J connectivity index is 3.82. The first-order chi connectivity index (χ1) is 3.18. The van der Waals surface area contributed by atoms with E-state index >= 15 is 0 Å². The number of aliphatic hydroxyl groups is 1.